The fourth-order valence-corrected chi connectivity index (χ4v) is 6.50. The number of nitrogens with two attached hydrogens (primary N) is 1. The van der Waals surface area contributed by atoms with Crippen molar-refractivity contribution in [1.82, 2.24) is 10.6 Å². The number of carbonyl (C=O) groups excluding carboxylic acids is 6. The van der Waals surface area contributed by atoms with Gasteiger partial charge in [0, 0.05) is 47.2 Å². The van der Waals surface area contributed by atoms with E-state index in [0.717, 1.165) is 25.9 Å². The number of Topliss-reactive ketones (excluding diaryl/α,β-unsaturated/α-hetero) is 3. The van der Waals surface area contributed by atoms with Crippen molar-refractivity contribution in [3.8, 4) is 17.6 Å². The number of ether oxygens (including phenoxy) is 1. The Bertz CT molecular complexity index is 2170. The summed E-state index contributed by atoms with van der Waals surface area (Å²) in [6, 6.07) is 22.3. The maximum atomic E-state index is 13.4. The molecule has 1 heterocycles. The van der Waals surface area contributed by atoms with Crippen LogP contribution in [-0.2, 0) is 22.4 Å². The number of anilines is 1. The lowest BCUT2D eigenvalue weighted by Crippen LogP contribution is -2.44. The van der Waals surface area contributed by atoms with Crippen molar-refractivity contribution in [3.05, 3.63) is 124 Å². The van der Waals surface area contributed by atoms with Crippen molar-refractivity contribution >= 4 is 40.8 Å². The molecule has 0 radical (unpaired) electrons. The van der Waals surface area contributed by atoms with Crippen LogP contribution in [0.4, 0.5) is 5.69 Å². The van der Waals surface area contributed by atoms with Crippen LogP contribution in [-0.4, -0.2) is 65.4 Å². The van der Waals surface area contributed by atoms with Crippen molar-refractivity contribution in [2.75, 3.05) is 18.4 Å². The monoisotopic (exact) mass is 771 g/mol. The second-order valence-electron chi connectivity index (χ2n) is 14.3. The zero-order valence-electron chi connectivity index (χ0n) is 31.8. The smallest absolute Gasteiger partial charge is 0.255 e. The fourth-order valence-electron chi connectivity index (χ4n) is 6.50. The number of nitrogens with one attached hydrogen (secondary N) is 3. The second kappa shape index (κ2) is 19.3. The molecule has 0 saturated carbocycles. The first-order valence-electron chi connectivity index (χ1n) is 18.7. The van der Waals surface area contributed by atoms with Gasteiger partial charge in [-0.1, -0.05) is 30.3 Å². The van der Waals surface area contributed by atoms with Gasteiger partial charge in [-0.2, -0.15) is 5.26 Å². The summed E-state index contributed by atoms with van der Waals surface area (Å²) < 4.78 is 5.91. The summed E-state index contributed by atoms with van der Waals surface area (Å²) in [6.07, 6.45) is 1.04. The number of nitrogens with zero attached hydrogens (tertiary/aromatic N) is 1. The number of benzene rings is 4. The van der Waals surface area contributed by atoms with Crippen molar-refractivity contribution in [2.45, 2.75) is 64.5 Å². The third-order valence-electron chi connectivity index (χ3n) is 9.59. The highest BCUT2D eigenvalue weighted by Gasteiger charge is 2.26. The number of ketones is 3. The number of rotatable bonds is 17. The number of hydrogen-bond acceptors (Lipinski definition) is 10. The molecule has 1 aliphatic heterocycles. The summed E-state index contributed by atoms with van der Waals surface area (Å²) in [7, 11) is 0. The first kappa shape index (κ1) is 41.5. The Morgan fingerprint density at radius 1 is 0.825 bits per heavy atom. The predicted octanol–water partition coefficient (Wildman–Crippen LogP) is 5.09. The molecule has 13 heteroatoms. The van der Waals surface area contributed by atoms with Crippen LogP contribution in [0.5, 0.6) is 11.5 Å². The third kappa shape index (κ3) is 11.4. The normalized spacial score (nSPS) is 13.2. The number of piperidine rings is 1. The Balaban J connectivity index is 1.20. The maximum absolute atomic E-state index is 13.4. The Hall–Kier alpha value is -6.65. The Labute approximate surface area is 330 Å². The Morgan fingerprint density at radius 2 is 1.44 bits per heavy atom. The predicted molar refractivity (Wildman–Crippen MR) is 212 cm³/mol. The molecular formula is C44H45N5O8. The van der Waals surface area contributed by atoms with Gasteiger partial charge in [-0.05, 0) is 106 Å². The highest BCUT2D eigenvalue weighted by molar-refractivity contribution is 6.05. The van der Waals surface area contributed by atoms with E-state index in [-0.39, 0.29) is 59.1 Å². The summed E-state index contributed by atoms with van der Waals surface area (Å²) in [5, 5.41) is 28.7. The average Bonchev–Trinajstić information content (AvgIpc) is 3.19. The van der Waals surface area contributed by atoms with E-state index in [4.69, 9.17) is 15.7 Å². The zero-order chi connectivity index (χ0) is 41.1. The molecule has 1 saturated heterocycles. The maximum Gasteiger partial charge on any atom is 0.255 e. The molecule has 0 aromatic heterocycles. The highest BCUT2D eigenvalue weighted by Crippen LogP contribution is 2.37. The van der Waals surface area contributed by atoms with Gasteiger partial charge in [0.05, 0.1) is 35.8 Å². The quantitative estimate of drug-likeness (QED) is 0.0896. The minimum atomic E-state index is -1.23. The Morgan fingerprint density at radius 3 is 2.05 bits per heavy atom. The largest absolute Gasteiger partial charge is 0.504 e. The lowest BCUT2D eigenvalue weighted by atomic mass is 9.89. The number of amides is 3. The molecule has 0 spiro atoms. The van der Waals surface area contributed by atoms with Gasteiger partial charge in [0.25, 0.3) is 11.8 Å². The van der Waals surface area contributed by atoms with E-state index in [1.165, 1.54) is 48.5 Å². The van der Waals surface area contributed by atoms with E-state index >= 15 is 0 Å². The van der Waals surface area contributed by atoms with Gasteiger partial charge in [-0.3, -0.25) is 28.8 Å². The van der Waals surface area contributed by atoms with Crippen LogP contribution in [0, 0.1) is 17.2 Å². The number of phenols is 1. The summed E-state index contributed by atoms with van der Waals surface area (Å²) in [6.45, 7) is 5.28. The molecular weight excluding hydrogens is 727 g/mol. The van der Waals surface area contributed by atoms with Crippen LogP contribution in [0.2, 0.25) is 0 Å². The molecule has 1 aliphatic rings. The van der Waals surface area contributed by atoms with Crippen LogP contribution in [0.25, 0.3) is 0 Å². The van der Waals surface area contributed by atoms with Gasteiger partial charge < -0.3 is 31.5 Å². The first-order valence-corrected chi connectivity index (χ1v) is 18.7. The molecule has 3 amide bonds. The molecule has 1 fully saturated rings. The van der Waals surface area contributed by atoms with Crippen LogP contribution < -0.4 is 26.4 Å². The molecule has 6 N–H and O–H groups in total. The molecule has 0 aliphatic carbocycles. The number of hydrogen-bond donors (Lipinski definition) is 5. The van der Waals surface area contributed by atoms with E-state index in [1.54, 1.807) is 50.2 Å². The van der Waals surface area contributed by atoms with Gasteiger partial charge >= 0.3 is 0 Å². The van der Waals surface area contributed by atoms with Gasteiger partial charge in [0.1, 0.15) is 0 Å². The van der Waals surface area contributed by atoms with Gasteiger partial charge in [0.15, 0.2) is 28.8 Å². The summed E-state index contributed by atoms with van der Waals surface area (Å²) >= 11 is 0. The van der Waals surface area contributed by atoms with Crippen LogP contribution in [0.1, 0.15) is 97.7 Å². The lowest BCUT2D eigenvalue weighted by Gasteiger charge is -2.22. The minimum absolute atomic E-state index is 0.0988. The third-order valence-corrected chi connectivity index (χ3v) is 9.59. The number of carbonyl (C=O) groups is 6. The Kier molecular flexibility index (Phi) is 14.0. The molecule has 0 unspecified atom stereocenters. The van der Waals surface area contributed by atoms with Gasteiger partial charge in [0.2, 0.25) is 5.91 Å². The lowest BCUT2D eigenvalue weighted by molar-refractivity contribution is -0.125. The molecule has 4 aromatic rings. The van der Waals surface area contributed by atoms with Crippen molar-refractivity contribution < 1.29 is 38.6 Å². The van der Waals surface area contributed by atoms with Crippen LogP contribution in [0.3, 0.4) is 0 Å². The molecule has 294 valence electrons. The van der Waals surface area contributed by atoms with Crippen LogP contribution in [0.15, 0.2) is 84.9 Å². The van der Waals surface area contributed by atoms with Crippen LogP contribution >= 0.6 is 0 Å². The second-order valence-corrected chi connectivity index (χ2v) is 14.3. The van der Waals surface area contributed by atoms with E-state index < -0.39 is 36.0 Å². The molecule has 1 atom stereocenters. The topological polar surface area (TPSA) is 218 Å². The molecule has 57 heavy (non-hydrogen) atoms. The number of nitriles is 1. The summed E-state index contributed by atoms with van der Waals surface area (Å²) in [4.78, 5) is 77.5. The van der Waals surface area contributed by atoms with Crippen molar-refractivity contribution in [1.29, 1.82) is 5.26 Å². The van der Waals surface area contributed by atoms with E-state index in [9.17, 15) is 33.9 Å². The fraction of sp³-hybridized carbons (Fsp3) is 0.295. The molecule has 4 aromatic carbocycles. The van der Waals surface area contributed by atoms with Crippen molar-refractivity contribution in [3.63, 3.8) is 0 Å². The number of primary amides is 1. The van der Waals surface area contributed by atoms with Gasteiger partial charge in [-0.25, -0.2) is 0 Å². The average molecular weight is 772 g/mol. The minimum Gasteiger partial charge on any atom is -0.504 e. The van der Waals surface area contributed by atoms with Crippen molar-refractivity contribution in [2.24, 2.45) is 11.7 Å². The zero-order valence-corrected chi connectivity index (χ0v) is 31.8. The highest BCUT2D eigenvalue weighted by atomic mass is 16.5. The van der Waals surface area contributed by atoms with E-state index in [0.29, 0.717) is 39.9 Å². The molecule has 5 rings (SSSR count). The first-order chi connectivity index (χ1) is 27.3. The number of phenolic OH excluding ortho intramolecular Hbond substituents is 1. The number of aromatic hydroxyl groups is 1. The van der Waals surface area contributed by atoms with Gasteiger partial charge in [-0.15, -0.1) is 0 Å². The van der Waals surface area contributed by atoms with E-state index in [2.05, 4.69) is 16.0 Å². The van der Waals surface area contributed by atoms with E-state index in [1.807, 2.05) is 6.07 Å². The SMILES string of the molecule is CC(C)Oc1c(CC(=O)c2ccc(CC(=O)[C@H](CC(N)=O)NC(=O)c3ccc(NC(=O)c4ccc(C#N)cc4)cc3)cc2)ccc(C(=O)CC2CCNCC2)c1O. The molecule has 0 bridgehead atoms. The molecule has 13 nitrogen and oxygen atoms in total. The summed E-state index contributed by atoms with van der Waals surface area (Å²) in [5.41, 5.74) is 8.21. The summed E-state index contributed by atoms with van der Waals surface area (Å²) in [5.74, 6) is -2.71. The standard InChI is InChI=1S/C44H45N5O8/c1-26(2)57-42-33(13-16-35(41(42)54)38(51)21-28-17-19-47-20-18-28)23-37(50)30-7-3-27(4-8-30)22-39(52)36(24-40(46)53)49-44(56)32-11-14-34(15-12-32)48-43(55)31-9-5-29(25-45)6-10-31/h3-16,26,28,36,47,54H,17-24H2,1-2H3,(H2,46,53)(H,48,55)(H,49,56)/t36-/m0/s1.